The summed E-state index contributed by atoms with van der Waals surface area (Å²) < 4.78 is 1.41. The number of aryl methyl sites for hydroxylation is 1. The van der Waals surface area contributed by atoms with E-state index in [-0.39, 0.29) is 5.41 Å². The number of hydrogen-bond acceptors (Lipinski definition) is 3. The first kappa shape index (κ1) is 32.3. The normalized spacial score (nSPS) is 20.3. The molecule has 266 valence electrons. The third-order valence-electron chi connectivity index (χ3n) is 13.2. The van der Waals surface area contributed by atoms with Gasteiger partial charge in [0, 0.05) is 55.4 Å². The van der Waals surface area contributed by atoms with Gasteiger partial charge in [-0.15, -0.1) is 11.3 Å². The standard InChI is InChI=1S/C51H46N2S/c1-51(2)45-20-9-6-15-39(45)40-29-27-37(32-46(40)51)52(35-25-23-33(24-26-35)38-18-12-19-43-42-17-8-11-22-49(42)54-50(38)43)36-28-30-48-44(31-36)41-16-7-10-21-47(41)53(48)34-13-4-3-5-14-34/h3-4,6,9,11-13,15,18-20,22-32,41,47H,5,7-8,10,14,16-17,21H2,1-2H3. The topological polar surface area (TPSA) is 6.48 Å². The molecule has 0 spiro atoms. The van der Waals surface area contributed by atoms with Crippen LogP contribution in [0, 0.1) is 0 Å². The molecule has 2 atom stereocenters. The molecule has 0 N–H and O–H groups in total. The highest BCUT2D eigenvalue weighted by Gasteiger charge is 2.42. The van der Waals surface area contributed by atoms with Crippen molar-refractivity contribution >= 4 is 50.2 Å². The molecule has 1 fully saturated rings. The van der Waals surface area contributed by atoms with Gasteiger partial charge in [-0.05, 0) is 143 Å². The highest BCUT2D eigenvalue weighted by atomic mass is 32.1. The molecule has 0 saturated heterocycles. The number of rotatable bonds is 5. The molecule has 0 bridgehead atoms. The van der Waals surface area contributed by atoms with Crippen LogP contribution in [0.4, 0.5) is 22.7 Å². The molecular weight excluding hydrogens is 673 g/mol. The Hall–Kier alpha value is -5.12. The van der Waals surface area contributed by atoms with E-state index >= 15 is 0 Å². The maximum absolute atomic E-state index is 2.74. The van der Waals surface area contributed by atoms with Crippen LogP contribution in [0.2, 0.25) is 0 Å². The van der Waals surface area contributed by atoms with Gasteiger partial charge in [0.2, 0.25) is 0 Å². The predicted octanol–water partition coefficient (Wildman–Crippen LogP) is 14.4. The van der Waals surface area contributed by atoms with Crippen LogP contribution in [-0.4, -0.2) is 6.04 Å². The largest absolute Gasteiger partial charge is 0.341 e. The highest BCUT2D eigenvalue weighted by molar-refractivity contribution is 7.20. The Morgan fingerprint density at radius 1 is 0.704 bits per heavy atom. The lowest BCUT2D eigenvalue weighted by molar-refractivity contribution is 0.395. The van der Waals surface area contributed by atoms with Crippen molar-refractivity contribution in [2.45, 2.75) is 82.6 Å². The Morgan fingerprint density at radius 3 is 2.37 bits per heavy atom. The van der Waals surface area contributed by atoms with E-state index in [1.807, 2.05) is 11.3 Å². The van der Waals surface area contributed by atoms with E-state index in [2.05, 4.69) is 157 Å². The van der Waals surface area contributed by atoms with E-state index in [4.69, 9.17) is 0 Å². The van der Waals surface area contributed by atoms with Crippen LogP contribution in [0.1, 0.15) is 91.8 Å². The van der Waals surface area contributed by atoms with Gasteiger partial charge in [0.1, 0.15) is 0 Å². The average Bonchev–Trinajstić information content (AvgIpc) is 3.84. The van der Waals surface area contributed by atoms with Gasteiger partial charge in [-0.1, -0.05) is 106 Å². The smallest absolute Gasteiger partial charge is 0.0465 e. The van der Waals surface area contributed by atoms with Crippen molar-refractivity contribution in [3.8, 4) is 22.3 Å². The lowest BCUT2D eigenvalue weighted by atomic mass is 9.82. The highest BCUT2D eigenvalue weighted by Crippen LogP contribution is 2.54. The Labute approximate surface area is 323 Å². The number of fused-ring (bicyclic) bond motifs is 9. The minimum Gasteiger partial charge on any atom is -0.341 e. The second kappa shape index (κ2) is 12.5. The lowest BCUT2D eigenvalue weighted by Crippen LogP contribution is -2.35. The van der Waals surface area contributed by atoms with Gasteiger partial charge in [-0.3, -0.25) is 0 Å². The molecular formula is C51H46N2S. The fourth-order valence-corrected chi connectivity index (χ4v) is 11.9. The number of allylic oxidation sites excluding steroid dienone is 5. The molecule has 5 aliphatic rings. The Morgan fingerprint density at radius 2 is 1.48 bits per heavy atom. The molecule has 0 amide bonds. The zero-order valence-corrected chi connectivity index (χ0v) is 32.1. The first-order valence-electron chi connectivity index (χ1n) is 20.2. The molecule has 2 nitrogen and oxygen atoms in total. The Balaban J connectivity index is 1.05. The molecule has 4 aliphatic carbocycles. The quantitative estimate of drug-likeness (QED) is 0.175. The van der Waals surface area contributed by atoms with Crippen LogP contribution in [0.5, 0.6) is 0 Å². The van der Waals surface area contributed by atoms with Crippen LogP contribution in [0.3, 0.4) is 0 Å². The van der Waals surface area contributed by atoms with Gasteiger partial charge in [0.25, 0.3) is 0 Å². The van der Waals surface area contributed by atoms with Crippen molar-refractivity contribution in [2.75, 3.05) is 9.80 Å². The Bertz CT molecular complexity index is 2560. The predicted molar refractivity (Wildman–Crippen MR) is 231 cm³/mol. The van der Waals surface area contributed by atoms with E-state index < -0.39 is 0 Å². The third-order valence-corrected chi connectivity index (χ3v) is 14.5. The lowest BCUT2D eigenvalue weighted by Gasteiger charge is -2.35. The summed E-state index contributed by atoms with van der Waals surface area (Å²) in [6, 6.07) is 40.5. The maximum atomic E-state index is 2.74. The van der Waals surface area contributed by atoms with Crippen LogP contribution in [0.15, 0.2) is 133 Å². The minimum atomic E-state index is -0.0683. The molecule has 54 heavy (non-hydrogen) atoms. The average molecular weight is 719 g/mol. The molecule has 11 rings (SSSR count). The van der Waals surface area contributed by atoms with Crippen molar-refractivity contribution in [2.24, 2.45) is 0 Å². The van der Waals surface area contributed by atoms with Crippen LogP contribution in [-0.2, 0) is 11.8 Å². The third kappa shape index (κ3) is 4.90. The van der Waals surface area contributed by atoms with E-state index in [0.717, 1.165) is 25.7 Å². The maximum Gasteiger partial charge on any atom is 0.0465 e. The number of nitrogens with zero attached hydrogens (tertiary/aromatic N) is 2. The summed E-state index contributed by atoms with van der Waals surface area (Å²) in [5, 5.41) is 1.43. The zero-order valence-electron chi connectivity index (χ0n) is 31.3. The van der Waals surface area contributed by atoms with Crippen LogP contribution >= 0.6 is 11.3 Å². The monoisotopic (exact) mass is 718 g/mol. The number of benzene rings is 5. The van der Waals surface area contributed by atoms with Gasteiger partial charge in [-0.2, -0.15) is 0 Å². The summed E-state index contributed by atoms with van der Waals surface area (Å²) >= 11 is 1.95. The first-order chi connectivity index (χ1) is 26.5. The summed E-state index contributed by atoms with van der Waals surface area (Å²) in [5.74, 6) is 0.574. The van der Waals surface area contributed by atoms with Gasteiger partial charge < -0.3 is 9.80 Å². The Kier molecular flexibility index (Phi) is 7.46. The summed E-state index contributed by atoms with van der Waals surface area (Å²) in [5.41, 5.74) is 17.7. The van der Waals surface area contributed by atoms with Gasteiger partial charge in [-0.25, -0.2) is 0 Å². The second-order valence-corrected chi connectivity index (χ2v) is 17.6. The number of thiophene rings is 1. The molecule has 6 aromatic rings. The SMILES string of the molecule is CC1(C)c2ccccc2-c2ccc(N(c3ccc(-c4cccc5c6c(sc45)C=CCC6)cc3)c3ccc4c(c3)C3CCCCC3N4C3=CC=CCC3)cc21. The van der Waals surface area contributed by atoms with Crippen molar-refractivity contribution in [1.29, 1.82) is 0 Å². The van der Waals surface area contributed by atoms with E-state index in [9.17, 15) is 0 Å². The van der Waals surface area contributed by atoms with Crippen LogP contribution in [0.25, 0.3) is 38.4 Å². The fourth-order valence-electron chi connectivity index (χ4n) is 10.6. The van der Waals surface area contributed by atoms with Crippen molar-refractivity contribution in [1.82, 2.24) is 0 Å². The molecule has 0 radical (unpaired) electrons. The first-order valence-corrected chi connectivity index (χ1v) is 21.0. The number of anilines is 4. The van der Waals surface area contributed by atoms with Gasteiger partial charge in [0.05, 0.1) is 0 Å². The van der Waals surface area contributed by atoms with E-state index in [1.54, 1.807) is 0 Å². The number of hydrogen-bond donors (Lipinski definition) is 0. The molecule has 2 heterocycles. The zero-order chi connectivity index (χ0) is 36.0. The van der Waals surface area contributed by atoms with Crippen LogP contribution < -0.4 is 9.80 Å². The molecule has 1 aliphatic heterocycles. The van der Waals surface area contributed by atoms with Crippen molar-refractivity contribution < 1.29 is 0 Å². The minimum absolute atomic E-state index is 0.0683. The molecule has 1 aromatic heterocycles. The second-order valence-electron chi connectivity index (χ2n) is 16.5. The fraction of sp³-hybridized carbons (Fsp3) is 0.255. The molecule has 2 unspecified atom stereocenters. The van der Waals surface area contributed by atoms with Gasteiger partial charge >= 0.3 is 0 Å². The van der Waals surface area contributed by atoms with E-state index in [0.29, 0.717) is 12.0 Å². The van der Waals surface area contributed by atoms with Crippen molar-refractivity contribution in [3.05, 3.63) is 160 Å². The molecule has 3 heteroatoms. The molecule has 1 saturated carbocycles. The summed E-state index contributed by atoms with van der Waals surface area (Å²) in [4.78, 5) is 6.70. The van der Waals surface area contributed by atoms with Crippen molar-refractivity contribution in [3.63, 3.8) is 0 Å². The summed E-state index contributed by atoms with van der Waals surface area (Å²) in [6.45, 7) is 4.78. The van der Waals surface area contributed by atoms with Gasteiger partial charge in [0.15, 0.2) is 0 Å². The van der Waals surface area contributed by atoms with E-state index in [1.165, 1.54) is 114 Å². The summed E-state index contributed by atoms with van der Waals surface area (Å²) in [6.07, 6.45) is 21.3. The summed E-state index contributed by atoms with van der Waals surface area (Å²) in [7, 11) is 0. The molecule has 5 aromatic carbocycles.